The topological polar surface area (TPSA) is 137 Å². The number of ether oxygens (including phenoxy) is 2. The fourth-order valence-electron chi connectivity index (χ4n) is 4.51. The molecular formula is C26H50O8. The van der Waals surface area contributed by atoms with E-state index in [1.165, 1.54) is 51.4 Å². The Morgan fingerprint density at radius 3 is 1.76 bits per heavy atom. The molecule has 0 aromatic heterocycles. The number of hydrogen-bond donors (Lipinski definition) is 5. The zero-order valence-corrected chi connectivity index (χ0v) is 21.2. The predicted molar refractivity (Wildman–Crippen MR) is 130 cm³/mol. The number of rotatable bonds is 21. The lowest BCUT2D eigenvalue weighted by atomic mass is 9.98. The maximum absolute atomic E-state index is 10.7. The Balaban J connectivity index is 2.41. The van der Waals surface area contributed by atoms with Crippen molar-refractivity contribution in [3.8, 4) is 0 Å². The third kappa shape index (κ3) is 13.4. The molecule has 6 atom stereocenters. The van der Waals surface area contributed by atoms with Gasteiger partial charge in [-0.2, -0.15) is 0 Å². The molecular weight excluding hydrogens is 440 g/mol. The molecule has 8 heteroatoms. The van der Waals surface area contributed by atoms with Gasteiger partial charge in [0.15, 0.2) is 6.29 Å². The van der Waals surface area contributed by atoms with Crippen molar-refractivity contribution < 1.29 is 39.8 Å². The van der Waals surface area contributed by atoms with Crippen LogP contribution < -0.4 is 0 Å². The van der Waals surface area contributed by atoms with Gasteiger partial charge in [0.05, 0.1) is 12.7 Å². The average molecular weight is 491 g/mol. The van der Waals surface area contributed by atoms with Gasteiger partial charge in [0, 0.05) is 6.42 Å². The van der Waals surface area contributed by atoms with Crippen LogP contribution in [0.5, 0.6) is 0 Å². The molecule has 0 aliphatic carbocycles. The zero-order valence-electron chi connectivity index (χ0n) is 21.2. The largest absolute Gasteiger partial charge is 0.481 e. The van der Waals surface area contributed by atoms with E-state index in [0.717, 1.165) is 44.9 Å². The van der Waals surface area contributed by atoms with Gasteiger partial charge in [-0.25, -0.2) is 0 Å². The molecule has 6 unspecified atom stereocenters. The first kappa shape index (κ1) is 31.3. The maximum Gasteiger partial charge on any atom is 0.303 e. The molecule has 1 aliphatic rings. The summed E-state index contributed by atoms with van der Waals surface area (Å²) in [4.78, 5) is 10.7. The SMILES string of the molecule is CCCCCCCCCCCCC(CCCCCCC(=O)O)OC1OC(CO)C(O)C(O)C1O. The first-order valence-corrected chi connectivity index (χ1v) is 13.6. The Bertz CT molecular complexity index is 501. The molecule has 1 aliphatic heterocycles. The number of hydrogen-bond acceptors (Lipinski definition) is 7. The van der Waals surface area contributed by atoms with Crippen LogP contribution in [-0.2, 0) is 14.3 Å². The molecule has 34 heavy (non-hydrogen) atoms. The normalized spacial score (nSPS) is 26.0. The molecule has 5 N–H and O–H groups in total. The van der Waals surface area contributed by atoms with Crippen molar-refractivity contribution in [2.45, 2.75) is 153 Å². The van der Waals surface area contributed by atoms with Crippen molar-refractivity contribution in [2.24, 2.45) is 0 Å². The van der Waals surface area contributed by atoms with E-state index < -0.39 is 43.3 Å². The summed E-state index contributed by atoms with van der Waals surface area (Å²) in [7, 11) is 0. The van der Waals surface area contributed by atoms with Crippen molar-refractivity contribution >= 4 is 5.97 Å². The van der Waals surface area contributed by atoms with Crippen molar-refractivity contribution in [1.29, 1.82) is 0 Å². The highest BCUT2D eigenvalue weighted by atomic mass is 16.7. The van der Waals surface area contributed by atoms with E-state index >= 15 is 0 Å². The highest BCUT2D eigenvalue weighted by Gasteiger charge is 2.44. The van der Waals surface area contributed by atoms with Gasteiger partial charge in [-0.15, -0.1) is 0 Å². The summed E-state index contributed by atoms with van der Waals surface area (Å²) in [5.41, 5.74) is 0. The van der Waals surface area contributed by atoms with E-state index in [4.69, 9.17) is 14.6 Å². The number of aliphatic carboxylic acids is 1. The number of carboxylic acids is 1. The van der Waals surface area contributed by atoms with Gasteiger partial charge < -0.3 is 35.0 Å². The molecule has 0 bridgehead atoms. The highest BCUT2D eigenvalue weighted by Crippen LogP contribution is 2.26. The molecule has 0 spiro atoms. The van der Waals surface area contributed by atoms with Crippen LogP contribution in [-0.4, -0.2) is 74.9 Å². The van der Waals surface area contributed by atoms with Gasteiger partial charge in [-0.3, -0.25) is 4.79 Å². The average Bonchev–Trinajstić information content (AvgIpc) is 2.82. The van der Waals surface area contributed by atoms with E-state index in [-0.39, 0.29) is 12.5 Å². The first-order valence-electron chi connectivity index (χ1n) is 13.6. The third-order valence-corrected chi connectivity index (χ3v) is 6.72. The molecule has 1 heterocycles. The summed E-state index contributed by atoms with van der Waals surface area (Å²) in [6.45, 7) is 1.76. The Kier molecular flexibility index (Phi) is 17.9. The molecule has 1 rings (SSSR count). The van der Waals surface area contributed by atoms with Crippen LogP contribution in [0.1, 0.15) is 116 Å². The van der Waals surface area contributed by atoms with Crippen LogP contribution in [0.15, 0.2) is 0 Å². The van der Waals surface area contributed by atoms with Gasteiger partial charge in [0.1, 0.15) is 24.4 Å². The summed E-state index contributed by atoms with van der Waals surface area (Å²) in [6.07, 6.45) is 11.0. The summed E-state index contributed by atoms with van der Waals surface area (Å²) < 4.78 is 11.6. The fraction of sp³-hybridized carbons (Fsp3) is 0.962. The minimum absolute atomic E-state index is 0.171. The second kappa shape index (κ2) is 19.4. The Labute approximate surface area is 205 Å². The molecule has 0 radical (unpaired) electrons. The molecule has 0 aromatic rings. The summed E-state index contributed by atoms with van der Waals surface area (Å²) in [6, 6.07) is 0. The minimum Gasteiger partial charge on any atom is -0.481 e. The monoisotopic (exact) mass is 490 g/mol. The molecule has 0 aromatic carbocycles. The van der Waals surface area contributed by atoms with Crippen LogP contribution in [0.2, 0.25) is 0 Å². The maximum atomic E-state index is 10.7. The molecule has 0 amide bonds. The van der Waals surface area contributed by atoms with Crippen molar-refractivity contribution in [2.75, 3.05) is 6.61 Å². The van der Waals surface area contributed by atoms with Crippen LogP contribution in [0.25, 0.3) is 0 Å². The van der Waals surface area contributed by atoms with Crippen molar-refractivity contribution in [3.63, 3.8) is 0 Å². The molecule has 1 fully saturated rings. The lowest BCUT2D eigenvalue weighted by molar-refractivity contribution is -0.312. The number of carbonyl (C=O) groups is 1. The van der Waals surface area contributed by atoms with E-state index in [0.29, 0.717) is 6.42 Å². The standard InChI is InChI=1S/C26H50O8/c1-2-3-4-5-6-7-8-9-10-13-16-20(17-14-11-12-15-18-22(28)29)33-26-25(32)24(31)23(30)21(19-27)34-26/h20-21,23-27,30-32H,2-19H2,1H3,(H,28,29). The van der Waals surface area contributed by atoms with Gasteiger partial charge in [-0.05, 0) is 19.3 Å². The number of carboxylic acid groups (broad SMARTS) is 1. The van der Waals surface area contributed by atoms with E-state index in [9.17, 15) is 25.2 Å². The van der Waals surface area contributed by atoms with Crippen molar-refractivity contribution in [1.82, 2.24) is 0 Å². The third-order valence-electron chi connectivity index (χ3n) is 6.72. The van der Waals surface area contributed by atoms with E-state index in [1.807, 2.05) is 0 Å². The summed E-state index contributed by atoms with van der Waals surface area (Å²) in [5.74, 6) is -0.773. The van der Waals surface area contributed by atoms with Gasteiger partial charge in [0.25, 0.3) is 0 Å². The molecule has 1 saturated heterocycles. The molecule has 202 valence electrons. The smallest absolute Gasteiger partial charge is 0.303 e. The fourth-order valence-corrected chi connectivity index (χ4v) is 4.51. The number of aliphatic hydroxyl groups is 4. The quantitative estimate of drug-likeness (QED) is 0.153. The Hall–Kier alpha value is -0.770. The first-order chi connectivity index (χ1) is 16.4. The molecule has 0 saturated carbocycles. The van der Waals surface area contributed by atoms with Crippen LogP contribution >= 0.6 is 0 Å². The number of unbranched alkanes of at least 4 members (excludes halogenated alkanes) is 12. The zero-order chi connectivity index (χ0) is 25.2. The minimum atomic E-state index is -1.44. The van der Waals surface area contributed by atoms with Crippen molar-refractivity contribution in [3.05, 3.63) is 0 Å². The van der Waals surface area contributed by atoms with Gasteiger partial charge in [0.2, 0.25) is 0 Å². The second-order valence-electron chi connectivity index (χ2n) is 9.77. The van der Waals surface area contributed by atoms with E-state index in [2.05, 4.69) is 6.92 Å². The van der Waals surface area contributed by atoms with E-state index in [1.54, 1.807) is 0 Å². The van der Waals surface area contributed by atoms with Crippen LogP contribution in [0.4, 0.5) is 0 Å². The number of aliphatic hydroxyl groups excluding tert-OH is 4. The van der Waals surface area contributed by atoms with Crippen LogP contribution in [0.3, 0.4) is 0 Å². The predicted octanol–water partition coefficient (Wildman–Crippen LogP) is 3.91. The lowest BCUT2D eigenvalue weighted by Crippen LogP contribution is -2.59. The summed E-state index contributed by atoms with van der Waals surface area (Å²) >= 11 is 0. The molecule has 8 nitrogen and oxygen atoms in total. The highest BCUT2D eigenvalue weighted by molar-refractivity contribution is 5.66. The van der Waals surface area contributed by atoms with Crippen LogP contribution in [0, 0.1) is 0 Å². The second-order valence-corrected chi connectivity index (χ2v) is 9.77. The Morgan fingerprint density at radius 2 is 1.26 bits per heavy atom. The lowest BCUT2D eigenvalue weighted by Gasteiger charge is -2.41. The van der Waals surface area contributed by atoms with Gasteiger partial charge >= 0.3 is 5.97 Å². The van der Waals surface area contributed by atoms with Gasteiger partial charge in [-0.1, -0.05) is 90.4 Å². The Morgan fingerprint density at radius 1 is 0.765 bits per heavy atom. The summed E-state index contributed by atoms with van der Waals surface area (Å²) in [5, 5.41) is 48.5.